The molecule has 0 heteroatoms. The van der Waals surface area contributed by atoms with E-state index in [2.05, 4.69) is 33.9 Å². The molecule has 1 aliphatic carbocycles. The van der Waals surface area contributed by atoms with Crippen LogP contribution in [0.2, 0.25) is 0 Å². The van der Waals surface area contributed by atoms with Gasteiger partial charge in [0.2, 0.25) is 0 Å². The molecule has 0 radical (unpaired) electrons. The summed E-state index contributed by atoms with van der Waals surface area (Å²) in [5, 5.41) is 0. The molecule has 0 amide bonds. The fraction of sp³-hybridized carbons (Fsp3) is 0.800. The zero-order chi connectivity index (χ0) is 8.20. The van der Waals surface area contributed by atoms with Crippen LogP contribution in [0.1, 0.15) is 40.0 Å². The van der Waals surface area contributed by atoms with Crippen LogP contribution in [0.4, 0.5) is 0 Å². The van der Waals surface area contributed by atoms with E-state index in [9.17, 15) is 0 Å². The molecule has 1 rings (SSSR count). The predicted molar refractivity (Wildman–Crippen MR) is 48.1 cm³/mol. The highest BCUT2D eigenvalue weighted by Crippen LogP contribution is 2.40. The van der Waals surface area contributed by atoms with Crippen molar-refractivity contribution >= 4 is 0 Å². The lowest BCUT2D eigenvalue weighted by atomic mass is 9.91. The molecule has 1 fully saturated rings. The summed E-state index contributed by atoms with van der Waals surface area (Å²) in [6, 6.07) is 0. The van der Waals surface area contributed by atoms with E-state index in [-0.39, 0.29) is 0 Å². The summed E-state index contributed by atoms with van der Waals surface area (Å²) in [5.41, 5.74) is 0.666. The molecule has 1 aliphatic rings. The average Bonchev–Trinajstić information content (AvgIpc) is 2.15. The SMILES string of the molecule is C=C.CC1CCC(C)(C)C1. The Balaban J connectivity index is 0.000000371. The second-order valence-corrected chi connectivity index (χ2v) is 4.01. The third-order valence-electron chi connectivity index (χ3n) is 2.21. The summed E-state index contributed by atoms with van der Waals surface area (Å²) < 4.78 is 0. The van der Waals surface area contributed by atoms with Crippen LogP contribution in [0, 0.1) is 11.3 Å². The van der Waals surface area contributed by atoms with Crippen molar-refractivity contribution < 1.29 is 0 Å². The van der Waals surface area contributed by atoms with E-state index >= 15 is 0 Å². The minimum Gasteiger partial charge on any atom is -0.106 e. The molecule has 1 saturated carbocycles. The van der Waals surface area contributed by atoms with E-state index in [1.807, 2.05) is 0 Å². The lowest BCUT2D eigenvalue weighted by molar-refractivity contribution is 0.366. The van der Waals surface area contributed by atoms with Gasteiger partial charge in [-0.3, -0.25) is 0 Å². The summed E-state index contributed by atoms with van der Waals surface area (Å²) in [5.74, 6) is 0.991. The van der Waals surface area contributed by atoms with Crippen molar-refractivity contribution in [3.63, 3.8) is 0 Å². The average molecular weight is 140 g/mol. The molecule has 0 nitrogen and oxygen atoms in total. The maximum absolute atomic E-state index is 3.00. The van der Waals surface area contributed by atoms with Gasteiger partial charge in [0, 0.05) is 0 Å². The van der Waals surface area contributed by atoms with E-state index in [0.29, 0.717) is 5.41 Å². The maximum atomic E-state index is 3.00. The van der Waals surface area contributed by atoms with Gasteiger partial charge in [-0.1, -0.05) is 27.2 Å². The maximum Gasteiger partial charge on any atom is -0.0352 e. The summed E-state index contributed by atoms with van der Waals surface area (Å²) in [7, 11) is 0. The largest absolute Gasteiger partial charge is 0.106 e. The zero-order valence-electron chi connectivity index (χ0n) is 7.61. The smallest absolute Gasteiger partial charge is 0.0352 e. The Labute approximate surface area is 65.3 Å². The molecule has 60 valence electrons. The quantitative estimate of drug-likeness (QED) is 0.451. The van der Waals surface area contributed by atoms with Crippen molar-refractivity contribution in [1.82, 2.24) is 0 Å². The number of hydrogen-bond acceptors (Lipinski definition) is 0. The van der Waals surface area contributed by atoms with Crippen LogP contribution in [0.3, 0.4) is 0 Å². The summed E-state index contributed by atoms with van der Waals surface area (Å²) in [6.45, 7) is 13.1. The Bertz CT molecular complexity index is 92.2. The molecule has 0 spiro atoms. The molecule has 0 bridgehead atoms. The molecular formula is C10H20. The van der Waals surface area contributed by atoms with E-state index in [1.165, 1.54) is 19.3 Å². The van der Waals surface area contributed by atoms with E-state index in [0.717, 1.165) is 5.92 Å². The standard InChI is InChI=1S/C8H16.C2H4/c1-7-4-5-8(2,3)6-7;1-2/h7H,4-6H2,1-3H3;1-2H2. The van der Waals surface area contributed by atoms with Gasteiger partial charge in [0.05, 0.1) is 0 Å². The predicted octanol–water partition coefficient (Wildman–Crippen LogP) is 3.63. The van der Waals surface area contributed by atoms with Gasteiger partial charge in [-0.2, -0.15) is 0 Å². The highest BCUT2D eigenvalue weighted by molar-refractivity contribution is 4.79. The Morgan fingerprint density at radius 2 is 1.80 bits per heavy atom. The first-order valence-corrected chi connectivity index (χ1v) is 4.10. The molecule has 0 heterocycles. The molecule has 0 aromatic heterocycles. The van der Waals surface area contributed by atoms with Gasteiger partial charge in [-0.05, 0) is 24.2 Å². The molecule has 0 aromatic carbocycles. The van der Waals surface area contributed by atoms with Gasteiger partial charge in [-0.15, -0.1) is 13.2 Å². The highest BCUT2D eigenvalue weighted by atomic mass is 14.3. The third kappa shape index (κ3) is 3.05. The molecule has 1 unspecified atom stereocenters. The molecule has 0 N–H and O–H groups in total. The van der Waals surface area contributed by atoms with Crippen LogP contribution in [0.5, 0.6) is 0 Å². The molecular weight excluding hydrogens is 120 g/mol. The Morgan fingerprint density at radius 1 is 1.30 bits per heavy atom. The Hall–Kier alpha value is -0.260. The minimum atomic E-state index is 0.666. The molecule has 1 atom stereocenters. The van der Waals surface area contributed by atoms with Crippen LogP contribution in [-0.2, 0) is 0 Å². The monoisotopic (exact) mass is 140 g/mol. The molecule has 0 aliphatic heterocycles. The molecule has 10 heavy (non-hydrogen) atoms. The summed E-state index contributed by atoms with van der Waals surface area (Å²) in [6.07, 6.45) is 4.33. The lowest BCUT2D eigenvalue weighted by Crippen LogP contribution is -2.03. The van der Waals surface area contributed by atoms with Crippen LogP contribution < -0.4 is 0 Å². The van der Waals surface area contributed by atoms with Gasteiger partial charge in [0.25, 0.3) is 0 Å². The minimum absolute atomic E-state index is 0.666. The summed E-state index contributed by atoms with van der Waals surface area (Å²) in [4.78, 5) is 0. The van der Waals surface area contributed by atoms with Crippen molar-refractivity contribution in [3.05, 3.63) is 13.2 Å². The lowest BCUT2D eigenvalue weighted by Gasteiger charge is -2.15. The van der Waals surface area contributed by atoms with Crippen molar-refractivity contribution in [2.45, 2.75) is 40.0 Å². The van der Waals surface area contributed by atoms with E-state index < -0.39 is 0 Å². The van der Waals surface area contributed by atoms with Crippen LogP contribution in [-0.4, -0.2) is 0 Å². The fourth-order valence-electron chi connectivity index (χ4n) is 1.78. The Morgan fingerprint density at radius 3 is 1.90 bits per heavy atom. The van der Waals surface area contributed by atoms with Crippen molar-refractivity contribution in [2.75, 3.05) is 0 Å². The third-order valence-corrected chi connectivity index (χ3v) is 2.21. The second kappa shape index (κ2) is 3.80. The van der Waals surface area contributed by atoms with Gasteiger partial charge in [0.1, 0.15) is 0 Å². The van der Waals surface area contributed by atoms with Crippen LogP contribution in [0.15, 0.2) is 13.2 Å². The van der Waals surface area contributed by atoms with Gasteiger partial charge >= 0.3 is 0 Å². The number of rotatable bonds is 0. The Kier molecular flexibility index (Phi) is 3.70. The summed E-state index contributed by atoms with van der Waals surface area (Å²) >= 11 is 0. The zero-order valence-corrected chi connectivity index (χ0v) is 7.61. The fourth-order valence-corrected chi connectivity index (χ4v) is 1.78. The van der Waals surface area contributed by atoms with Crippen LogP contribution >= 0.6 is 0 Å². The van der Waals surface area contributed by atoms with E-state index in [4.69, 9.17) is 0 Å². The highest BCUT2D eigenvalue weighted by Gasteiger charge is 2.27. The van der Waals surface area contributed by atoms with Crippen LogP contribution in [0.25, 0.3) is 0 Å². The first-order chi connectivity index (χ1) is 4.60. The second-order valence-electron chi connectivity index (χ2n) is 4.01. The first kappa shape index (κ1) is 9.74. The van der Waals surface area contributed by atoms with Gasteiger partial charge in [0.15, 0.2) is 0 Å². The van der Waals surface area contributed by atoms with Gasteiger partial charge in [-0.25, -0.2) is 0 Å². The molecule has 0 saturated heterocycles. The molecule has 0 aromatic rings. The van der Waals surface area contributed by atoms with E-state index in [1.54, 1.807) is 0 Å². The van der Waals surface area contributed by atoms with Crippen molar-refractivity contribution in [2.24, 2.45) is 11.3 Å². The van der Waals surface area contributed by atoms with Crippen molar-refractivity contribution in [1.29, 1.82) is 0 Å². The normalized spacial score (nSPS) is 28.9. The van der Waals surface area contributed by atoms with Crippen molar-refractivity contribution in [3.8, 4) is 0 Å². The van der Waals surface area contributed by atoms with Gasteiger partial charge < -0.3 is 0 Å². The number of hydrogen-bond donors (Lipinski definition) is 0. The topological polar surface area (TPSA) is 0 Å². The first-order valence-electron chi connectivity index (χ1n) is 4.10.